The Morgan fingerprint density at radius 2 is 1.67 bits per heavy atom. The smallest absolute Gasteiger partial charge is 0.215 e. The molecule has 0 saturated heterocycles. The Bertz CT molecular complexity index is 553. The van der Waals surface area contributed by atoms with E-state index in [1.807, 2.05) is 13.0 Å². The number of hydrogen-bond donors (Lipinski definition) is 0. The summed E-state index contributed by atoms with van der Waals surface area (Å²) in [5.74, 6) is 0. The molecule has 2 rings (SSSR count). The fraction of sp³-hybridized carbons (Fsp3) is 0.0909. The number of hydrogen-bond acceptors (Lipinski definition) is 3. The highest BCUT2D eigenvalue weighted by atomic mass is 32.2. The van der Waals surface area contributed by atoms with E-state index in [-0.39, 0.29) is 0 Å². The minimum atomic E-state index is -3.30. The molecule has 15 heavy (non-hydrogen) atoms. The maximum absolute atomic E-state index is 12.1. The van der Waals surface area contributed by atoms with Crippen LogP contribution in [0.1, 0.15) is 4.88 Å². The van der Waals surface area contributed by atoms with Gasteiger partial charge in [0, 0.05) is 4.88 Å². The minimum absolute atomic E-state index is 0.354. The van der Waals surface area contributed by atoms with Crippen molar-refractivity contribution in [3.63, 3.8) is 0 Å². The number of thiophene rings is 1. The van der Waals surface area contributed by atoms with Crippen LogP contribution in [-0.4, -0.2) is 8.42 Å². The zero-order valence-corrected chi connectivity index (χ0v) is 9.81. The van der Waals surface area contributed by atoms with E-state index < -0.39 is 9.84 Å². The van der Waals surface area contributed by atoms with Crippen molar-refractivity contribution in [2.24, 2.45) is 0 Å². The molecule has 0 aliphatic heterocycles. The van der Waals surface area contributed by atoms with E-state index in [1.54, 1.807) is 36.4 Å². The predicted molar refractivity (Wildman–Crippen MR) is 60.9 cm³/mol. The van der Waals surface area contributed by atoms with E-state index >= 15 is 0 Å². The molecule has 2 aromatic rings. The van der Waals surface area contributed by atoms with Gasteiger partial charge < -0.3 is 0 Å². The van der Waals surface area contributed by atoms with Gasteiger partial charge in [-0.05, 0) is 31.2 Å². The molecule has 0 saturated carbocycles. The minimum Gasteiger partial charge on any atom is -0.218 e. The highest BCUT2D eigenvalue weighted by Crippen LogP contribution is 2.26. The lowest BCUT2D eigenvalue weighted by Crippen LogP contribution is -1.98. The maximum Gasteiger partial charge on any atom is 0.215 e. The molecule has 0 amide bonds. The summed E-state index contributed by atoms with van der Waals surface area (Å²) in [6, 6.07) is 12.0. The molecule has 1 heterocycles. The van der Waals surface area contributed by atoms with Crippen LogP contribution >= 0.6 is 11.3 Å². The molecule has 1 aromatic carbocycles. The molecule has 0 fully saturated rings. The van der Waals surface area contributed by atoms with Crippen molar-refractivity contribution >= 4 is 21.2 Å². The number of benzene rings is 1. The molecule has 0 unspecified atom stereocenters. The highest BCUT2D eigenvalue weighted by molar-refractivity contribution is 7.93. The molecule has 78 valence electrons. The molecule has 0 aliphatic carbocycles. The van der Waals surface area contributed by atoms with Crippen molar-refractivity contribution in [2.45, 2.75) is 16.0 Å². The van der Waals surface area contributed by atoms with Crippen LogP contribution in [0.3, 0.4) is 0 Å². The van der Waals surface area contributed by atoms with Crippen LogP contribution in [0.15, 0.2) is 51.6 Å². The average molecular weight is 238 g/mol. The van der Waals surface area contributed by atoms with Gasteiger partial charge in [-0.3, -0.25) is 0 Å². The fourth-order valence-corrected chi connectivity index (χ4v) is 3.98. The van der Waals surface area contributed by atoms with Crippen LogP contribution < -0.4 is 0 Å². The first kappa shape index (κ1) is 10.4. The van der Waals surface area contributed by atoms with Crippen molar-refractivity contribution in [2.75, 3.05) is 0 Å². The number of sulfone groups is 1. The summed E-state index contributed by atoms with van der Waals surface area (Å²) in [5.41, 5.74) is 0. The lowest BCUT2D eigenvalue weighted by atomic mass is 10.4. The second-order valence-electron chi connectivity index (χ2n) is 3.18. The van der Waals surface area contributed by atoms with Crippen molar-refractivity contribution in [3.8, 4) is 0 Å². The Hall–Kier alpha value is -1.13. The van der Waals surface area contributed by atoms with Gasteiger partial charge in [0.25, 0.3) is 0 Å². The Labute approximate surface area is 93.1 Å². The largest absolute Gasteiger partial charge is 0.218 e. The third-order valence-electron chi connectivity index (χ3n) is 2.03. The summed E-state index contributed by atoms with van der Waals surface area (Å²) in [4.78, 5) is 1.36. The Kier molecular flexibility index (Phi) is 2.63. The van der Waals surface area contributed by atoms with Gasteiger partial charge in [0.05, 0.1) is 4.90 Å². The molecule has 0 radical (unpaired) electrons. The van der Waals surface area contributed by atoms with Crippen LogP contribution in [0, 0.1) is 6.92 Å². The van der Waals surface area contributed by atoms with Crippen LogP contribution in [-0.2, 0) is 9.84 Å². The quantitative estimate of drug-likeness (QED) is 0.806. The van der Waals surface area contributed by atoms with Gasteiger partial charge >= 0.3 is 0 Å². The molecule has 1 aromatic heterocycles. The first-order valence-electron chi connectivity index (χ1n) is 4.47. The monoisotopic (exact) mass is 238 g/mol. The summed E-state index contributed by atoms with van der Waals surface area (Å²) in [7, 11) is -3.30. The maximum atomic E-state index is 12.1. The normalized spacial score (nSPS) is 11.5. The first-order valence-corrected chi connectivity index (χ1v) is 6.77. The molecule has 0 spiro atoms. The van der Waals surface area contributed by atoms with Crippen molar-refractivity contribution in [1.29, 1.82) is 0 Å². The van der Waals surface area contributed by atoms with Crippen molar-refractivity contribution < 1.29 is 8.42 Å². The molecule has 0 bridgehead atoms. The zero-order valence-electron chi connectivity index (χ0n) is 8.17. The second-order valence-corrected chi connectivity index (χ2v) is 6.65. The van der Waals surface area contributed by atoms with Gasteiger partial charge in [0.1, 0.15) is 4.21 Å². The lowest BCUT2D eigenvalue weighted by molar-refractivity contribution is 0.598. The van der Waals surface area contributed by atoms with Gasteiger partial charge in [0.2, 0.25) is 9.84 Å². The summed E-state index contributed by atoms with van der Waals surface area (Å²) in [6.45, 7) is 1.90. The Morgan fingerprint density at radius 3 is 2.20 bits per heavy atom. The van der Waals surface area contributed by atoms with Gasteiger partial charge in [0.15, 0.2) is 0 Å². The van der Waals surface area contributed by atoms with E-state index in [0.717, 1.165) is 4.88 Å². The zero-order chi connectivity index (χ0) is 10.9. The van der Waals surface area contributed by atoms with E-state index in [4.69, 9.17) is 0 Å². The lowest BCUT2D eigenvalue weighted by Gasteiger charge is -2.00. The topological polar surface area (TPSA) is 34.1 Å². The standard InChI is InChI=1S/C11H10O2S2/c1-9-7-8-11(14-9)15(12,13)10-5-3-2-4-6-10/h2-8H,1H3. The predicted octanol–water partition coefficient (Wildman–Crippen LogP) is 2.89. The number of aryl methyl sites for hydroxylation is 1. The van der Waals surface area contributed by atoms with Crippen LogP contribution in [0.2, 0.25) is 0 Å². The highest BCUT2D eigenvalue weighted by Gasteiger charge is 2.18. The van der Waals surface area contributed by atoms with Crippen molar-refractivity contribution in [3.05, 3.63) is 47.3 Å². The van der Waals surface area contributed by atoms with Gasteiger partial charge in [-0.25, -0.2) is 8.42 Å². The molecular formula is C11H10O2S2. The van der Waals surface area contributed by atoms with Gasteiger partial charge in [-0.1, -0.05) is 18.2 Å². The third kappa shape index (κ3) is 1.96. The van der Waals surface area contributed by atoms with E-state index in [1.165, 1.54) is 11.3 Å². The summed E-state index contributed by atoms with van der Waals surface area (Å²) in [5, 5.41) is 0. The Balaban J connectivity index is 2.54. The van der Waals surface area contributed by atoms with E-state index in [0.29, 0.717) is 9.10 Å². The van der Waals surface area contributed by atoms with Gasteiger partial charge in [-0.2, -0.15) is 0 Å². The second kappa shape index (κ2) is 3.79. The first-order chi connectivity index (χ1) is 7.10. The fourth-order valence-electron chi connectivity index (χ4n) is 1.27. The van der Waals surface area contributed by atoms with Crippen molar-refractivity contribution in [1.82, 2.24) is 0 Å². The van der Waals surface area contributed by atoms with E-state index in [9.17, 15) is 8.42 Å². The molecule has 4 heteroatoms. The summed E-state index contributed by atoms with van der Waals surface area (Å²) >= 11 is 1.30. The van der Waals surface area contributed by atoms with Crippen LogP contribution in [0.4, 0.5) is 0 Å². The summed E-state index contributed by atoms with van der Waals surface area (Å²) < 4.78 is 24.5. The SMILES string of the molecule is Cc1ccc(S(=O)(=O)c2ccccc2)s1. The summed E-state index contributed by atoms with van der Waals surface area (Å²) in [6.07, 6.45) is 0. The molecule has 0 N–H and O–H groups in total. The van der Waals surface area contributed by atoms with Crippen LogP contribution in [0.5, 0.6) is 0 Å². The van der Waals surface area contributed by atoms with Crippen LogP contribution in [0.25, 0.3) is 0 Å². The third-order valence-corrected chi connectivity index (χ3v) is 5.30. The molecule has 0 atom stereocenters. The Morgan fingerprint density at radius 1 is 1.00 bits per heavy atom. The molecule has 0 aliphatic rings. The average Bonchev–Trinajstić information content (AvgIpc) is 2.67. The number of rotatable bonds is 2. The van der Waals surface area contributed by atoms with E-state index in [2.05, 4.69) is 0 Å². The van der Waals surface area contributed by atoms with Gasteiger partial charge in [-0.15, -0.1) is 11.3 Å². The molecule has 2 nitrogen and oxygen atoms in total. The molecular weight excluding hydrogens is 228 g/mol.